The summed E-state index contributed by atoms with van der Waals surface area (Å²) in [7, 11) is 0. The molecule has 17 heavy (non-hydrogen) atoms. The lowest BCUT2D eigenvalue weighted by molar-refractivity contribution is 0.132. The molecule has 0 aromatic heterocycles. The Hall–Kier alpha value is -0.730. The highest BCUT2D eigenvalue weighted by atomic mass is 35.5. The van der Waals surface area contributed by atoms with Gasteiger partial charge in [0.05, 0.1) is 17.3 Å². The van der Waals surface area contributed by atoms with Crippen molar-refractivity contribution in [3.63, 3.8) is 0 Å². The van der Waals surface area contributed by atoms with Gasteiger partial charge in [0.15, 0.2) is 0 Å². The molecular weight excluding hydrogens is 234 g/mol. The van der Waals surface area contributed by atoms with Crippen molar-refractivity contribution >= 4 is 17.3 Å². The molecule has 3 heteroatoms. The van der Waals surface area contributed by atoms with Gasteiger partial charge in [0, 0.05) is 13.2 Å². The predicted molar refractivity (Wildman–Crippen MR) is 75.0 cm³/mol. The molecule has 0 aliphatic heterocycles. The molecule has 0 radical (unpaired) electrons. The van der Waals surface area contributed by atoms with E-state index in [2.05, 4.69) is 32.2 Å². The fourth-order valence-electron chi connectivity index (χ4n) is 1.45. The van der Waals surface area contributed by atoms with Gasteiger partial charge in [-0.1, -0.05) is 31.5 Å². The maximum atomic E-state index is 6.07. The first-order valence-corrected chi connectivity index (χ1v) is 6.55. The minimum absolute atomic E-state index is 0.703. The van der Waals surface area contributed by atoms with E-state index < -0.39 is 0 Å². The van der Waals surface area contributed by atoms with E-state index in [1.807, 2.05) is 12.1 Å². The summed E-state index contributed by atoms with van der Waals surface area (Å²) in [5.41, 5.74) is 2.19. The zero-order chi connectivity index (χ0) is 12.7. The first-order chi connectivity index (χ1) is 8.09. The number of aryl methyl sites for hydroxylation is 1. The van der Waals surface area contributed by atoms with Gasteiger partial charge in [-0.2, -0.15) is 0 Å². The second kappa shape index (κ2) is 7.57. The van der Waals surface area contributed by atoms with Crippen LogP contribution in [-0.2, 0) is 4.74 Å². The summed E-state index contributed by atoms with van der Waals surface area (Å²) < 4.78 is 5.53. The lowest BCUT2D eigenvalue weighted by atomic mass is 10.1. The Bertz CT molecular complexity index is 339. The van der Waals surface area contributed by atoms with Crippen LogP contribution in [0.15, 0.2) is 18.2 Å². The van der Waals surface area contributed by atoms with Crippen molar-refractivity contribution in [2.24, 2.45) is 5.92 Å². The van der Waals surface area contributed by atoms with Crippen molar-refractivity contribution in [3.8, 4) is 0 Å². The monoisotopic (exact) mass is 255 g/mol. The molecule has 1 N–H and O–H groups in total. The third-order valence-electron chi connectivity index (χ3n) is 2.52. The van der Waals surface area contributed by atoms with Crippen molar-refractivity contribution in [1.82, 2.24) is 0 Å². The second-order valence-electron chi connectivity index (χ2n) is 4.70. The Kier molecular flexibility index (Phi) is 6.38. The fraction of sp³-hybridized carbons (Fsp3) is 0.571. The van der Waals surface area contributed by atoms with Crippen LogP contribution in [0.5, 0.6) is 0 Å². The first-order valence-electron chi connectivity index (χ1n) is 6.17. The van der Waals surface area contributed by atoms with Crippen molar-refractivity contribution < 1.29 is 4.74 Å². The van der Waals surface area contributed by atoms with Crippen molar-refractivity contribution in [3.05, 3.63) is 28.8 Å². The summed E-state index contributed by atoms with van der Waals surface area (Å²) in [6.45, 7) is 8.81. The molecule has 0 spiro atoms. The normalized spacial score (nSPS) is 10.9. The van der Waals surface area contributed by atoms with Crippen LogP contribution in [-0.4, -0.2) is 19.8 Å². The lowest BCUT2D eigenvalue weighted by Crippen LogP contribution is -2.11. The predicted octanol–water partition coefficient (Wildman–Crippen LogP) is 4.12. The molecule has 0 aliphatic rings. The quantitative estimate of drug-likeness (QED) is 0.740. The second-order valence-corrected chi connectivity index (χ2v) is 5.11. The Balaban J connectivity index is 2.20. The van der Waals surface area contributed by atoms with E-state index in [1.54, 1.807) is 0 Å². The van der Waals surface area contributed by atoms with Crippen LogP contribution in [0.25, 0.3) is 0 Å². The van der Waals surface area contributed by atoms with Crippen molar-refractivity contribution in [2.75, 3.05) is 25.1 Å². The summed E-state index contributed by atoms with van der Waals surface area (Å²) in [5.74, 6) is 0.703. The summed E-state index contributed by atoms with van der Waals surface area (Å²) in [5, 5.41) is 4.05. The number of nitrogens with one attached hydrogen (secondary N) is 1. The van der Waals surface area contributed by atoms with E-state index in [0.717, 1.165) is 36.9 Å². The van der Waals surface area contributed by atoms with Crippen molar-refractivity contribution in [2.45, 2.75) is 27.2 Å². The van der Waals surface area contributed by atoms with Gasteiger partial charge >= 0.3 is 0 Å². The van der Waals surface area contributed by atoms with E-state index >= 15 is 0 Å². The van der Waals surface area contributed by atoms with Gasteiger partial charge in [-0.3, -0.25) is 0 Å². The largest absolute Gasteiger partial charge is 0.382 e. The average Bonchev–Trinajstić information content (AvgIpc) is 2.27. The SMILES string of the molecule is Cc1ccc(Cl)c(NCCOCCC(C)C)c1. The maximum Gasteiger partial charge on any atom is 0.0639 e. The van der Waals surface area contributed by atoms with Crippen LogP contribution in [0.2, 0.25) is 5.02 Å². The summed E-state index contributed by atoms with van der Waals surface area (Å²) in [6.07, 6.45) is 1.12. The standard InChI is InChI=1S/C14H22ClNO/c1-11(2)6-8-17-9-7-16-14-10-12(3)4-5-13(14)15/h4-5,10-11,16H,6-9H2,1-3H3. The highest BCUT2D eigenvalue weighted by Crippen LogP contribution is 2.22. The number of hydrogen-bond acceptors (Lipinski definition) is 2. The van der Waals surface area contributed by atoms with Crippen LogP contribution in [0.4, 0.5) is 5.69 Å². The van der Waals surface area contributed by atoms with Crippen LogP contribution >= 0.6 is 11.6 Å². The first kappa shape index (κ1) is 14.3. The van der Waals surface area contributed by atoms with Crippen LogP contribution in [0.1, 0.15) is 25.8 Å². The number of anilines is 1. The molecule has 1 aromatic rings. The van der Waals surface area contributed by atoms with Gasteiger partial charge in [0.25, 0.3) is 0 Å². The molecule has 0 amide bonds. The van der Waals surface area contributed by atoms with Crippen molar-refractivity contribution in [1.29, 1.82) is 0 Å². The molecule has 0 heterocycles. The lowest BCUT2D eigenvalue weighted by Gasteiger charge is -2.10. The summed E-state index contributed by atoms with van der Waals surface area (Å²) in [6, 6.07) is 5.97. The highest BCUT2D eigenvalue weighted by molar-refractivity contribution is 6.33. The smallest absolute Gasteiger partial charge is 0.0639 e. The number of benzene rings is 1. The van der Waals surface area contributed by atoms with Gasteiger partial charge in [-0.25, -0.2) is 0 Å². The fourth-order valence-corrected chi connectivity index (χ4v) is 1.64. The van der Waals surface area contributed by atoms with E-state index in [4.69, 9.17) is 16.3 Å². The van der Waals surface area contributed by atoms with Gasteiger partial charge in [-0.05, 0) is 37.0 Å². The third kappa shape index (κ3) is 5.94. The molecule has 2 nitrogen and oxygen atoms in total. The molecule has 0 saturated carbocycles. The topological polar surface area (TPSA) is 21.3 Å². The molecule has 0 unspecified atom stereocenters. The van der Waals surface area contributed by atoms with E-state index in [0.29, 0.717) is 5.92 Å². The van der Waals surface area contributed by atoms with E-state index in [1.165, 1.54) is 5.56 Å². The minimum atomic E-state index is 0.703. The molecule has 96 valence electrons. The average molecular weight is 256 g/mol. The third-order valence-corrected chi connectivity index (χ3v) is 2.85. The van der Waals surface area contributed by atoms with E-state index in [-0.39, 0.29) is 0 Å². The number of hydrogen-bond donors (Lipinski definition) is 1. The molecule has 1 aromatic carbocycles. The molecule has 1 rings (SSSR count). The Morgan fingerprint density at radius 1 is 1.29 bits per heavy atom. The van der Waals surface area contributed by atoms with E-state index in [9.17, 15) is 0 Å². The minimum Gasteiger partial charge on any atom is -0.382 e. The van der Waals surface area contributed by atoms with Gasteiger partial charge in [0.2, 0.25) is 0 Å². The van der Waals surface area contributed by atoms with Crippen LogP contribution < -0.4 is 5.32 Å². The zero-order valence-corrected chi connectivity index (χ0v) is 11.7. The van der Waals surface area contributed by atoms with Gasteiger partial charge < -0.3 is 10.1 Å². The van der Waals surface area contributed by atoms with Crippen LogP contribution in [0.3, 0.4) is 0 Å². The molecule has 0 atom stereocenters. The number of ether oxygens (including phenoxy) is 1. The molecule has 0 saturated heterocycles. The zero-order valence-electron chi connectivity index (χ0n) is 10.9. The number of halogens is 1. The maximum absolute atomic E-state index is 6.07. The highest BCUT2D eigenvalue weighted by Gasteiger charge is 1.99. The number of rotatable bonds is 7. The molecule has 0 aliphatic carbocycles. The molecule has 0 bridgehead atoms. The Morgan fingerprint density at radius 2 is 2.06 bits per heavy atom. The Labute approximate surface area is 109 Å². The van der Waals surface area contributed by atoms with Crippen LogP contribution in [0, 0.1) is 12.8 Å². The van der Waals surface area contributed by atoms with Gasteiger partial charge in [-0.15, -0.1) is 0 Å². The summed E-state index contributed by atoms with van der Waals surface area (Å²) in [4.78, 5) is 0. The van der Waals surface area contributed by atoms with Gasteiger partial charge in [0.1, 0.15) is 0 Å². The molecule has 0 fully saturated rings. The Morgan fingerprint density at radius 3 is 2.76 bits per heavy atom. The molecular formula is C14H22ClNO. The summed E-state index contributed by atoms with van der Waals surface area (Å²) >= 11 is 6.07.